The van der Waals surface area contributed by atoms with Crippen LogP contribution < -0.4 is 5.56 Å². The highest BCUT2D eigenvalue weighted by Gasteiger charge is 2.12. The molecule has 0 radical (unpaired) electrons. The topological polar surface area (TPSA) is 50.1 Å². The number of aromatic amines is 1. The third kappa shape index (κ3) is 3.12. The van der Waals surface area contributed by atoms with Crippen LogP contribution in [-0.4, -0.2) is 16.0 Å². The van der Waals surface area contributed by atoms with Gasteiger partial charge in [0.25, 0.3) is 5.56 Å². The molecule has 0 saturated heterocycles. The van der Waals surface area contributed by atoms with Gasteiger partial charge in [-0.25, -0.2) is 4.68 Å². The molecule has 0 aliphatic heterocycles. The average molecular weight is 384 g/mol. The lowest BCUT2D eigenvalue weighted by Gasteiger charge is -2.06. The van der Waals surface area contributed by atoms with Crippen molar-refractivity contribution in [3.05, 3.63) is 79.7 Å². The molecule has 0 aliphatic carbocycles. The summed E-state index contributed by atoms with van der Waals surface area (Å²) in [5.41, 5.74) is 5.11. The number of halogens is 1. The molecule has 5 heteroatoms. The predicted octanol–water partition coefficient (Wildman–Crippen LogP) is 4.60. The number of hydrogen-bond acceptors (Lipinski definition) is 2. The van der Waals surface area contributed by atoms with Crippen LogP contribution in [0.3, 0.4) is 0 Å². The van der Waals surface area contributed by atoms with Gasteiger partial charge in [0.2, 0.25) is 0 Å². The van der Waals surface area contributed by atoms with Crippen LogP contribution in [0.25, 0.3) is 5.69 Å². The van der Waals surface area contributed by atoms with Crippen molar-refractivity contribution in [3.63, 3.8) is 0 Å². The first-order chi connectivity index (χ1) is 11.5. The van der Waals surface area contributed by atoms with Gasteiger partial charge in [-0.05, 0) is 60.5 Å². The van der Waals surface area contributed by atoms with Crippen molar-refractivity contribution in [1.82, 2.24) is 9.78 Å². The van der Waals surface area contributed by atoms with E-state index in [2.05, 4.69) is 32.1 Å². The van der Waals surface area contributed by atoms with E-state index in [0.29, 0.717) is 5.56 Å². The Kier molecular flexibility index (Phi) is 4.53. The molecule has 0 aliphatic rings. The van der Waals surface area contributed by atoms with Crippen LogP contribution in [0.2, 0.25) is 0 Å². The smallest absolute Gasteiger partial charge is 0.280 e. The molecule has 0 amide bonds. The predicted molar refractivity (Wildman–Crippen MR) is 102 cm³/mol. The van der Waals surface area contributed by atoms with Gasteiger partial charge in [0.15, 0.2) is 0 Å². The second-order valence-electron chi connectivity index (χ2n) is 5.79. The summed E-state index contributed by atoms with van der Waals surface area (Å²) >= 11 is 3.46. The number of nitrogens with zero attached hydrogens (tertiary/aromatic N) is 2. The molecule has 1 heterocycles. The van der Waals surface area contributed by atoms with E-state index in [0.717, 1.165) is 27.1 Å². The Morgan fingerprint density at radius 2 is 1.88 bits per heavy atom. The SMILES string of the molecule is Cc1ccc(-n2[nH]c(C)c(C=Nc3ccccc3Br)c2=O)c(C)c1. The molecule has 1 N–H and O–H groups in total. The number of aromatic nitrogens is 2. The number of rotatable bonds is 3. The van der Waals surface area contributed by atoms with Gasteiger partial charge >= 0.3 is 0 Å². The van der Waals surface area contributed by atoms with E-state index in [4.69, 9.17) is 0 Å². The van der Waals surface area contributed by atoms with E-state index in [1.165, 1.54) is 5.56 Å². The lowest BCUT2D eigenvalue weighted by atomic mass is 10.1. The Hall–Kier alpha value is -2.40. The number of benzene rings is 2. The van der Waals surface area contributed by atoms with Crippen LogP contribution in [-0.2, 0) is 0 Å². The highest BCUT2D eigenvalue weighted by molar-refractivity contribution is 9.10. The molecule has 1 aromatic heterocycles. The lowest BCUT2D eigenvalue weighted by Crippen LogP contribution is -2.18. The zero-order valence-corrected chi connectivity index (χ0v) is 15.4. The summed E-state index contributed by atoms with van der Waals surface area (Å²) < 4.78 is 2.47. The third-order valence-corrected chi connectivity index (χ3v) is 4.57. The maximum Gasteiger partial charge on any atom is 0.280 e. The van der Waals surface area contributed by atoms with Crippen molar-refractivity contribution < 1.29 is 0 Å². The van der Waals surface area contributed by atoms with Gasteiger partial charge in [-0.3, -0.25) is 14.9 Å². The zero-order chi connectivity index (χ0) is 17.3. The van der Waals surface area contributed by atoms with E-state index in [9.17, 15) is 4.79 Å². The molecule has 122 valence electrons. The molecular weight excluding hydrogens is 366 g/mol. The van der Waals surface area contributed by atoms with Crippen LogP contribution in [0.15, 0.2) is 56.7 Å². The first kappa shape index (κ1) is 16.5. The van der Waals surface area contributed by atoms with Crippen molar-refractivity contribution in [2.75, 3.05) is 0 Å². The van der Waals surface area contributed by atoms with Crippen LogP contribution in [0.4, 0.5) is 5.69 Å². The third-order valence-electron chi connectivity index (χ3n) is 3.90. The first-order valence-electron chi connectivity index (χ1n) is 7.65. The second-order valence-corrected chi connectivity index (χ2v) is 6.64. The van der Waals surface area contributed by atoms with Gasteiger partial charge in [0, 0.05) is 16.4 Å². The van der Waals surface area contributed by atoms with Gasteiger partial charge in [0.05, 0.1) is 16.9 Å². The minimum Gasteiger partial charge on any atom is -0.295 e. The molecule has 0 saturated carbocycles. The fourth-order valence-electron chi connectivity index (χ4n) is 2.63. The lowest BCUT2D eigenvalue weighted by molar-refractivity contribution is 0.828. The van der Waals surface area contributed by atoms with Gasteiger partial charge in [-0.15, -0.1) is 0 Å². The number of aryl methyl sites for hydroxylation is 3. The summed E-state index contributed by atoms with van der Waals surface area (Å²) in [5.74, 6) is 0. The van der Waals surface area contributed by atoms with Crippen molar-refractivity contribution in [1.29, 1.82) is 0 Å². The summed E-state index contributed by atoms with van der Waals surface area (Å²) in [6.45, 7) is 5.91. The molecule has 2 aromatic carbocycles. The monoisotopic (exact) mass is 383 g/mol. The summed E-state index contributed by atoms with van der Waals surface area (Å²) in [5, 5.41) is 3.14. The highest BCUT2D eigenvalue weighted by Crippen LogP contribution is 2.24. The van der Waals surface area contributed by atoms with E-state index in [1.807, 2.05) is 57.2 Å². The molecular formula is C19H18BrN3O. The summed E-state index contributed by atoms with van der Waals surface area (Å²) in [4.78, 5) is 17.2. The van der Waals surface area contributed by atoms with Gasteiger partial charge in [-0.2, -0.15) is 0 Å². The molecule has 0 atom stereocenters. The Morgan fingerprint density at radius 1 is 1.12 bits per heavy atom. The quantitative estimate of drug-likeness (QED) is 0.659. The number of hydrogen-bond donors (Lipinski definition) is 1. The summed E-state index contributed by atoms with van der Waals surface area (Å²) in [7, 11) is 0. The van der Waals surface area contributed by atoms with Gasteiger partial charge in [-0.1, -0.05) is 29.8 Å². The molecule has 3 rings (SSSR count). The maximum absolute atomic E-state index is 12.8. The maximum atomic E-state index is 12.8. The van der Waals surface area contributed by atoms with Crippen molar-refractivity contribution >= 4 is 27.8 Å². The van der Waals surface area contributed by atoms with Gasteiger partial charge < -0.3 is 0 Å². The van der Waals surface area contributed by atoms with Crippen molar-refractivity contribution in [3.8, 4) is 5.69 Å². The summed E-state index contributed by atoms with van der Waals surface area (Å²) in [6.07, 6.45) is 1.62. The van der Waals surface area contributed by atoms with E-state index in [-0.39, 0.29) is 5.56 Å². The van der Waals surface area contributed by atoms with Crippen LogP contribution in [0.1, 0.15) is 22.4 Å². The van der Waals surface area contributed by atoms with Gasteiger partial charge in [0.1, 0.15) is 0 Å². The van der Waals surface area contributed by atoms with E-state index >= 15 is 0 Å². The van der Waals surface area contributed by atoms with Crippen molar-refractivity contribution in [2.45, 2.75) is 20.8 Å². The fourth-order valence-corrected chi connectivity index (χ4v) is 3.02. The highest BCUT2D eigenvalue weighted by atomic mass is 79.9. The molecule has 3 aromatic rings. The number of aliphatic imine (C=N–C) groups is 1. The normalized spacial score (nSPS) is 11.3. The number of para-hydroxylation sites is 1. The van der Waals surface area contributed by atoms with E-state index in [1.54, 1.807) is 10.9 Å². The Balaban J connectivity index is 2.04. The first-order valence-corrected chi connectivity index (χ1v) is 8.44. The second kappa shape index (κ2) is 6.61. The zero-order valence-electron chi connectivity index (χ0n) is 13.8. The standard InChI is InChI=1S/C19H18BrN3O/c1-12-8-9-18(13(2)10-12)23-19(24)15(14(3)22-23)11-21-17-7-5-4-6-16(17)20/h4-11,22H,1-3H3. The van der Waals surface area contributed by atoms with Crippen LogP contribution >= 0.6 is 15.9 Å². The number of nitrogens with one attached hydrogen (secondary N) is 1. The average Bonchev–Trinajstić information content (AvgIpc) is 2.81. The number of H-pyrrole nitrogens is 1. The molecule has 4 nitrogen and oxygen atoms in total. The Labute approximate surface area is 149 Å². The van der Waals surface area contributed by atoms with Crippen LogP contribution in [0, 0.1) is 20.8 Å². The summed E-state index contributed by atoms with van der Waals surface area (Å²) in [6, 6.07) is 13.7. The molecule has 24 heavy (non-hydrogen) atoms. The Bertz CT molecular complexity index is 983. The minimum absolute atomic E-state index is 0.102. The Morgan fingerprint density at radius 3 is 2.58 bits per heavy atom. The largest absolute Gasteiger partial charge is 0.295 e. The molecule has 0 unspecified atom stereocenters. The molecule has 0 fully saturated rings. The van der Waals surface area contributed by atoms with Crippen LogP contribution in [0.5, 0.6) is 0 Å². The minimum atomic E-state index is -0.102. The fraction of sp³-hybridized carbons (Fsp3) is 0.158. The molecule has 0 bridgehead atoms. The van der Waals surface area contributed by atoms with E-state index < -0.39 is 0 Å². The van der Waals surface area contributed by atoms with Crippen molar-refractivity contribution in [2.24, 2.45) is 4.99 Å². The molecule has 0 spiro atoms.